The minimum absolute atomic E-state index is 0.124. The predicted molar refractivity (Wildman–Crippen MR) is 81.0 cm³/mol. The molecule has 0 aromatic heterocycles. The lowest BCUT2D eigenvalue weighted by atomic mass is 10.0. The van der Waals surface area contributed by atoms with Gasteiger partial charge < -0.3 is 10.4 Å². The summed E-state index contributed by atoms with van der Waals surface area (Å²) in [5.41, 5.74) is 0.495. The normalized spacial score (nSPS) is 24.2. The first-order valence-corrected chi connectivity index (χ1v) is 7.45. The summed E-state index contributed by atoms with van der Waals surface area (Å²) in [4.78, 5) is 23.5. The number of aliphatic carboxylic acids is 1. The summed E-state index contributed by atoms with van der Waals surface area (Å²) in [5, 5.41) is 12.8. The minimum atomic E-state index is -0.903. The molecule has 1 saturated carbocycles. The van der Waals surface area contributed by atoms with Crippen LogP contribution in [0.2, 0.25) is 5.02 Å². The van der Waals surface area contributed by atoms with Crippen LogP contribution in [0.25, 0.3) is 0 Å². The number of rotatable bonds is 5. The summed E-state index contributed by atoms with van der Waals surface area (Å²) >= 11 is 5.86. The van der Waals surface area contributed by atoms with E-state index in [-0.39, 0.29) is 11.9 Å². The van der Waals surface area contributed by atoms with Crippen LogP contribution in [0.15, 0.2) is 24.3 Å². The van der Waals surface area contributed by atoms with Crippen molar-refractivity contribution in [2.24, 2.45) is 17.3 Å². The Bertz CT molecular complexity index is 553. The third kappa shape index (κ3) is 3.05. The summed E-state index contributed by atoms with van der Waals surface area (Å²) in [5.74, 6) is -2.15. The van der Waals surface area contributed by atoms with Crippen molar-refractivity contribution in [3.05, 3.63) is 34.9 Å². The number of carboxylic acid groups (broad SMARTS) is 1. The van der Waals surface area contributed by atoms with Gasteiger partial charge in [0, 0.05) is 5.02 Å². The molecule has 1 fully saturated rings. The Morgan fingerprint density at radius 3 is 2.29 bits per heavy atom. The van der Waals surface area contributed by atoms with E-state index in [9.17, 15) is 9.59 Å². The fraction of sp³-hybridized carbons (Fsp3) is 0.500. The lowest BCUT2D eigenvalue weighted by Gasteiger charge is -2.18. The zero-order valence-corrected chi connectivity index (χ0v) is 13.1. The Kier molecular flexibility index (Phi) is 4.28. The third-order valence-corrected chi connectivity index (χ3v) is 4.62. The van der Waals surface area contributed by atoms with Gasteiger partial charge in [-0.25, -0.2) is 0 Å². The van der Waals surface area contributed by atoms with E-state index in [0.717, 1.165) is 12.0 Å². The molecule has 21 heavy (non-hydrogen) atoms. The second kappa shape index (κ2) is 5.68. The fourth-order valence-corrected chi connectivity index (χ4v) is 3.09. The molecule has 0 saturated heterocycles. The molecule has 5 heteroatoms. The average Bonchev–Trinajstić information content (AvgIpc) is 3.00. The topological polar surface area (TPSA) is 66.4 Å². The van der Waals surface area contributed by atoms with Crippen molar-refractivity contribution in [2.75, 3.05) is 0 Å². The maximum absolute atomic E-state index is 12.3. The van der Waals surface area contributed by atoms with E-state index in [2.05, 4.69) is 5.32 Å². The Balaban J connectivity index is 2.08. The van der Waals surface area contributed by atoms with Crippen molar-refractivity contribution in [3.63, 3.8) is 0 Å². The van der Waals surface area contributed by atoms with Gasteiger partial charge in [-0.15, -0.1) is 0 Å². The zero-order valence-electron chi connectivity index (χ0n) is 12.4. The van der Waals surface area contributed by atoms with Gasteiger partial charge in [-0.1, -0.05) is 44.5 Å². The summed E-state index contributed by atoms with van der Waals surface area (Å²) in [7, 11) is 0. The molecule has 0 radical (unpaired) electrons. The average molecular weight is 310 g/mol. The van der Waals surface area contributed by atoms with Crippen LogP contribution in [0.1, 0.15) is 38.8 Å². The first kappa shape index (κ1) is 15.8. The van der Waals surface area contributed by atoms with E-state index in [1.165, 1.54) is 0 Å². The van der Waals surface area contributed by atoms with Crippen molar-refractivity contribution < 1.29 is 14.7 Å². The van der Waals surface area contributed by atoms with Crippen LogP contribution in [0.3, 0.4) is 0 Å². The largest absolute Gasteiger partial charge is 0.481 e. The van der Waals surface area contributed by atoms with Crippen LogP contribution in [-0.4, -0.2) is 17.0 Å². The smallest absolute Gasteiger partial charge is 0.307 e. The molecule has 0 heterocycles. The fourth-order valence-electron chi connectivity index (χ4n) is 2.97. The van der Waals surface area contributed by atoms with Gasteiger partial charge in [0.1, 0.15) is 0 Å². The van der Waals surface area contributed by atoms with Crippen LogP contribution in [0, 0.1) is 17.3 Å². The molecule has 1 aliphatic carbocycles. The van der Waals surface area contributed by atoms with E-state index in [1.54, 1.807) is 12.1 Å². The van der Waals surface area contributed by atoms with E-state index in [1.807, 2.05) is 32.9 Å². The molecule has 1 aromatic rings. The molecule has 2 N–H and O–H groups in total. The SMILES string of the molecule is CCC(NC(=O)[C@H]1[C@@H](C(=O)O)C1(C)C)c1ccc(Cl)cc1. The first-order valence-electron chi connectivity index (χ1n) is 7.07. The highest BCUT2D eigenvalue weighted by atomic mass is 35.5. The Morgan fingerprint density at radius 1 is 1.29 bits per heavy atom. The summed E-state index contributed by atoms with van der Waals surface area (Å²) in [6.07, 6.45) is 0.734. The lowest BCUT2D eigenvalue weighted by Crippen LogP contribution is -2.31. The number of carboxylic acids is 1. The van der Waals surface area contributed by atoms with Gasteiger partial charge >= 0.3 is 5.97 Å². The Labute approximate surface area is 129 Å². The molecule has 4 nitrogen and oxygen atoms in total. The molecule has 114 valence electrons. The molecule has 1 unspecified atom stereocenters. The number of halogens is 1. The highest BCUT2D eigenvalue weighted by Crippen LogP contribution is 2.58. The van der Waals surface area contributed by atoms with E-state index < -0.39 is 23.2 Å². The van der Waals surface area contributed by atoms with Crippen LogP contribution < -0.4 is 5.32 Å². The van der Waals surface area contributed by atoms with Crippen molar-refractivity contribution in [3.8, 4) is 0 Å². The molecule has 3 atom stereocenters. The first-order chi connectivity index (χ1) is 9.78. The number of hydrogen-bond donors (Lipinski definition) is 2. The van der Waals surface area contributed by atoms with Gasteiger partial charge in [0.05, 0.1) is 17.9 Å². The van der Waals surface area contributed by atoms with Crippen molar-refractivity contribution in [1.82, 2.24) is 5.32 Å². The maximum atomic E-state index is 12.3. The van der Waals surface area contributed by atoms with E-state index in [0.29, 0.717) is 5.02 Å². The number of amides is 1. The van der Waals surface area contributed by atoms with Crippen LogP contribution >= 0.6 is 11.6 Å². The van der Waals surface area contributed by atoms with Crippen LogP contribution in [-0.2, 0) is 9.59 Å². The molecular formula is C16H20ClNO3. The quantitative estimate of drug-likeness (QED) is 0.877. The summed E-state index contributed by atoms with van der Waals surface area (Å²) < 4.78 is 0. The van der Waals surface area contributed by atoms with Crippen molar-refractivity contribution in [1.29, 1.82) is 0 Å². The molecule has 1 aromatic carbocycles. The molecule has 1 aliphatic rings. The number of nitrogens with one attached hydrogen (secondary N) is 1. The summed E-state index contributed by atoms with van der Waals surface area (Å²) in [6.45, 7) is 5.62. The Hall–Kier alpha value is -1.55. The molecule has 0 spiro atoms. The highest BCUT2D eigenvalue weighted by Gasteiger charge is 2.65. The number of hydrogen-bond acceptors (Lipinski definition) is 2. The van der Waals surface area contributed by atoms with Gasteiger partial charge in [0.25, 0.3) is 0 Å². The molecular weight excluding hydrogens is 290 g/mol. The van der Waals surface area contributed by atoms with Crippen molar-refractivity contribution >= 4 is 23.5 Å². The van der Waals surface area contributed by atoms with Gasteiger partial charge in [-0.2, -0.15) is 0 Å². The van der Waals surface area contributed by atoms with E-state index in [4.69, 9.17) is 16.7 Å². The zero-order chi connectivity index (χ0) is 15.8. The standard InChI is InChI=1S/C16H20ClNO3/c1-4-11(9-5-7-10(17)8-6-9)18-14(19)12-13(15(20)21)16(12,2)3/h5-8,11-13H,4H2,1-3H3,(H,18,19)(H,20,21)/t11?,12-,13+/m1/s1. The third-order valence-electron chi connectivity index (χ3n) is 4.37. The van der Waals surface area contributed by atoms with Gasteiger partial charge in [0.15, 0.2) is 0 Å². The monoisotopic (exact) mass is 309 g/mol. The lowest BCUT2D eigenvalue weighted by molar-refractivity contribution is -0.140. The summed E-state index contributed by atoms with van der Waals surface area (Å²) in [6, 6.07) is 7.20. The number of carbonyl (C=O) groups excluding carboxylic acids is 1. The predicted octanol–water partition coefficient (Wildman–Crippen LogP) is 3.26. The van der Waals surface area contributed by atoms with Gasteiger partial charge in [-0.05, 0) is 29.5 Å². The highest BCUT2D eigenvalue weighted by molar-refractivity contribution is 6.30. The number of benzene rings is 1. The minimum Gasteiger partial charge on any atom is -0.481 e. The molecule has 1 amide bonds. The Morgan fingerprint density at radius 2 is 1.86 bits per heavy atom. The molecule has 0 bridgehead atoms. The van der Waals surface area contributed by atoms with Crippen LogP contribution in [0.4, 0.5) is 0 Å². The van der Waals surface area contributed by atoms with Gasteiger partial charge in [-0.3, -0.25) is 9.59 Å². The van der Waals surface area contributed by atoms with E-state index >= 15 is 0 Å². The second-order valence-corrected chi connectivity index (χ2v) is 6.57. The molecule has 0 aliphatic heterocycles. The maximum Gasteiger partial charge on any atom is 0.307 e. The second-order valence-electron chi connectivity index (χ2n) is 6.14. The van der Waals surface area contributed by atoms with Crippen molar-refractivity contribution in [2.45, 2.75) is 33.2 Å². The van der Waals surface area contributed by atoms with Gasteiger partial charge in [0.2, 0.25) is 5.91 Å². The molecule has 2 rings (SSSR count). The van der Waals surface area contributed by atoms with Crippen LogP contribution in [0.5, 0.6) is 0 Å². The number of carbonyl (C=O) groups is 2.